The molecule has 2 aromatic carbocycles. The molecule has 1 fully saturated rings. The Balaban J connectivity index is 1.53. The highest BCUT2D eigenvalue weighted by atomic mass is 32.2. The summed E-state index contributed by atoms with van der Waals surface area (Å²) in [7, 11) is -4.35. The van der Waals surface area contributed by atoms with E-state index in [4.69, 9.17) is 0 Å². The summed E-state index contributed by atoms with van der Waals surface area (Å²) in [5.74, 6) is -2.42. The summed E-state index contributed by atoms with van der Waals surface area (Å²) in [6.07, 6.45) is -6.00. The molecule has 3 aromatic rings. The average molecular weight is 559 g/mol. The van der Waals surface area contributed by atoms with Crippen molar-refractivity contribution in [3.05, 3.63) is 93.9 Å². The van der Waals surface area contributed by atoms with E-state index < -0.39 is 70.0 Å². The van der Waals surface area contributed by atoms with E-state index in [0.717, 1.165) is 47.2 Å². The first-order valence-corrected chi connectivity index (χ1v) is 12.5. The zero-order chi connectivity index (χ0) is 27.8. The van der Waals surface area contributed by atoms with Gasteiger partial charge in [-0.15, -0.1) is 0 Å². The Morgan fingerprint density at radius 1 is 1.00 bits per heavy atom. The number of nitrogens with zero attached hydrogens (tertiary/aromatic N) is 2. The maximum atomic E-state index is 14.3. The third kappa shape index (κ3) is 5.75. The molecule has 1 amide bonds. The predicted octanol–water partition coefficient (Wildman–Crippen LogP) is 3.55. The van der Waals surface area contributed by atoms with Gasteiger partial charge in [0.25, 0.3) is 5.56 Å². The predicted molar refractivity (Wildman–Crippen MR) is 122 cm³/mol. The van der Waals surface area contributed by atoms with Crippen molar-refractivity contribution in [2.75, 3.05) is 6.54 Å². The van der Waals surface area contributed by atoms with E-state index in [-0.39, 0.29) is 22.7 Å². The second-order valence-corrected chi connectivity index (χ2v) is 10.4. The standard InChI is InChI=1S/C24H19F6N3O4S/c25-16-1-3-20(4-2-16)38(36,37)33-13-18(27)11-21(33)23(35)31-12-14-7-17(26)10-19(8-14)32-6-5-15(9-22(32)34)24(28,29)30/h1-10,18,21H,11-13H2,(H,31,35). The minimum absolute atomic E-state index is 0.0999. The highest BCUT2D eigenvalue weighted by Crippen LogP contribution is 2.29. The van der Waals surface area contributed by atoms with Crippen LogP contribution in [-0.4, -0.2) is 42.0 Å². The molecule has 1 N–H and O–H groups in total. The van der Waals surface area contributed by atoms with Gasteiger partial charge in [0.05, 0.1) is 16.1 Å². The number of aromatic nitrogens is 1. The van der Waals surface area contributed by atoms with Gasteiger partial charge in [-0.25, -0.2) is 21.6 Å². The van der Waals surface area contributed by atoms with Crippen molar-refractivity contribution >= 4 is 15.9 Å². The number of amides is 1. The zero-order valence-corrected chi connectivity index (χ0v) is 20.1. The van der Waals surface area contributed by atoms with E-state index in [0.29, 0.717) is 16.4 Å². The lowest BCUT2D eigenvalue weighted by atomic mass is 10.1. The van der Waals surface area contributed by atoms with Crippen LogP contribution < -0.4 is 10.9 Å². The molecule has 1 aliphatic rings. The van der Waals surface area contributed by atoms with Crippen LogP contribution in [0.15, 0.2) is 70.5 Å². The third-order valence-corrected chi connectivity index (χ3v) is 7.75. The van der Waals surface area contributed by atoms with E-state index in [1.165, 1.54) is 6.07 Å². The summed E-state index contributed by atoms with van der Waals surface area (Å²) in [5, 5.41) is 2.40. The van der Waals surface area contributed by atoms with Crippen LogP contribution in [0, 0.1) is 11.6 Å². The first-order chi connectivity index (χ1) is 17.8. The van der Waals surface area contributed by atoms with Crippen molar-refractivity contribution in [1.29, 1.82) is 0 Å². The van der Waals surface area contributed by atoms with Crippen LogP contribution in [0.5, 0.6) is 0 Å². The Hall–Kier alpha value is -3.65. The van der Waals surface area contributed by atoms with Crippen LogP contribution >= 0.6 is 0 Å². The molecule has 0 bridgehead atoms. The highest BCUT2D eigenvalue weighted by molar-refractivity contribution is 7.89. The molecule has 1 aliphatic heterocycles. The van der Waals surface area contributed by atoms with Crippen LogP contribution in [0.25, 0.3) is 5.69 Å². The molecule has 4 rings (SSSR count). The summed E-state index contributed by atoms with van der Waals surface area (Å²) in [4.78, 5) is 24.7. The summed E-state index contributed by atoms with van der Waals surface area (Å²) in [5.41, 5.74) is -2.26. The number of benzene rings is 2. The van der Waals surface area contributed by atoms with E-state index in [9.17, 15) is 44.3 Å². The Morgan fingerprint density at radius 3 is 2.32 bits per heavy atom. The van der Waals surface area contributed by atoms with Crippen LogP contribution in [0.3, 0.4) is 0 Å². The van der Waals surface area contributed by atoms with Crippen molar-refractivity contribution < 1.29 is 39.6 Å². The number of alkyl halides is 4. The Morgan fingerprint density at radius 2 is 1.68 bits per heavy atom. The lowest BCUT2D eigenvalue weighted by Crippen LogP contribution is -2.45. The maximum absolute atomic E-state index is 14.3. The van der Waals surface area contributed by atoms with Crippen molar-refractivity contribution in [2.24, 2.45) is 0 Å². The van der Waals surface area contributed by atoms with Crippen molar-refractivity contribution in [2.45, 2.75) is 36.3 Å². The number of nitrogens with one attached hydrogen (secondary N) is 1. The summed E-state index contributed by atoms with van der Waals surface area (Å²) in [6, 6.07) is 6.52. The fourth-order valence-electron chi connectivity index (χ4n) is 4.05. The van der Waals surface area contributed by atoms with E-state index in [2.05, 4.69) is 5.32 Å². The number of pyridine rings is 1. The quantitative estimate of drug-likeness (QED) is 0.468. The molecule has 14 heteroatoms. The van der Waals surface area contributed by atoms with Crippen LogP contribution in [0.1, 0.15) is 17.5 Å². The van der Waals surface area contributed by atoms with Gasteiger partial charge in [-0.2, -0.15) is 17.5 Å². The zero-order valence-electron chi connectivity index (χ0n) is 19.3. The minimum Gasteiger partial charge on any atom is -0.351 e. The van der Waals surface area contributed by atoms with Gasteiger partial charge in [0, 0.05) is 31.8 Å². The van der Waals surface area contributed by atoms with E-state index in [1.54, 1.807) is 0 Å². The fraction of sp³-hybridized carbons (Fsp3) is 0.250. The third-order valence-electron chi connectivity index (χ3n) is 5.86. The molecule has 2 unspecified atom stereocenters. The second kappa shape index (κ2) is 10.3. The number of hydrogen-bond acceptors (Lipinski definition) is 4. The lowest BCUT2D eigenvalue weighted by molar-refractivity contribution is -0.137. The molecular formula is C24H19F6N3O4S. The number of carbonyl (C=O) groups is 1. The largest absolute Gasteiger partial charge is 0.416 e. The molecule has 7 nitrogen and oxygen atoms in total. The monoisotopic (exact) mass is 559 g/mol. The van der Waals surface area contributed by atoms with Gasteiger partial charge in [-0.3, -0.25) is 14.2 Å². The smallest absolute Gasteiger partial charge is 0.351 e. The average Bonchev–Trinajstić information content (AvgIpc) is 3.24. The van der Waals surface area contributed by atoms with Crippen molar-refractivity contribution in [1.82, 2.24) is 14.2 Å². The number of rotatable bonds is 6. The molecule has 0 radical (unpaired) electrons. The summed E-state index contributed by atoms with van der Waals surface area (Å²) < 4.78 is 108. The van der Waals surface area contributed by atoms with E-state index >= 15 is 0 Å². The first kappa shape index (κ1) is 27.4. The summed E-state index contributed by atoms with van der Waals surface area (Å²) in [6.45, 7) is -0.963. The number of carbonyl (C=O) groups excluding carboxylic acids is 1. The lowest BCUT2D eigenvalue weighted by Gasteiger charge is -2.23. The Bertz CT molecular complexity index is 1520. The van der Waals surface area contributed by atoms with Gasteiger partial charge in [0.2, 0.25) is 15.9 Å². The van der Waals surface area contributed by atoms with Gasteiger partial charge < -0.3 is 5.32 Å². The molecule has 0 saturated carbocycles. The highest BCUT2D eigenvalue weighted by Gasteiger charge is 2.44. The Labute approximate surface area is 212 Å². The van der Waals surface area contributed by atoms with Gasteiger partial charge in [-0.05, 0) is 54.1 Å². The van der Waals surface area contributed by atoms with Crippen LogP contribution in [0.2, 0.25) is 0 Å². The molecule has 1 saturated heterocycles. The van der Waals surface area contributed by atoms with Crippen LogP contribution in [0.4, 0.5) is 26.3 Å². The van der Waals surface area contributed by atoms with Gasteiger partial charge >= 0.3 is 6.18 Å². The molecule has 38 heavy (non-hydrogen) atoms. The molecule has 202 valence electrons. The van der Waals surface area contributed by atoms with Crippen molar-refractivity contribution in [3.63, 3.8) is 0 Å². The molecule has 0 aliphatic carbocycles. The molecule has 2 heterocycles. The molecule has 2 atom stereocenters. The van der Waals surface area contributed by atoms with Gasteiger partial charge in [0.15, 0.2) is 0 Å². The maximum Gasteiger partial charge on any atom is 0.416 e. The van der Waals surface area contributed by atoms with Crippen molar-refractivity contribution in [3.8, 4) is 5.69 Å². The number of hydrogen-bond donors (Lipinski definition) is 1. The first-order valence-electron chi connectivity index (χ1n) is 11.0. The molecule has 0 spiro atoms. The SMILES string of the molecule is O=C(NCc1cc(F)cc(-n2ccc(C(F)(F)F)cc2=O)c1)C1CC(F)CN1S(=O)(=O)c1ccc(F)cc1. The van der Waals surface area contributed by atoms with E-state index in [1.807, 2.05) is 0 Å². The number of halogens is 6. The van der Waals surface area contributed by atoms with Gasteiger partial charge in [-0.1, -0.05) is 0 Å². The van der Waals surface area contributed by atoms with Gasteiger partial charge in [0.1, 0.15) is 23.8 Å². The topological polar surface area (TPSA) is 88.5 Å². The summed E-state index contributed by atoms with van der Waals surface area (Å²) >= 11 is 0. The molecular weight excluding hydrogens is 540 g/mol. The molecule has 1 aromatic heterocycles. The normalized spacial score (nSPS) is 18.5. The minimum atomic E-state index is -4.74. The number of sulfonamides is 1. The Kier molecular flexibility index (Phi) is 7.39. The van der Waals surface area contributed by atoms with Crippen LogP contribution in [-0.2, 0) is 27.5 Å². The fourth-order valence-corrected chi connectivity index (χ4v) is 5.68. The second-order valence-electron chi connectivity index (χ2n) is 8.53.